The molecule has 4 fully saturated rings. The van der Waals surface area contributed by atoms with Gasteiger partial charge in [0.05, 0.1) is 29.2 Å². The third-order valence-corrected chi connectivity index (χ3v) is 9.39. The van der Waals surface area contributed by atoms with Crippen molar-refractivity contribution in [3.8, 4) is 0 Å². The van der Waals surface area contributed by atoms with E-state index in [9.17, 15) is 27.2 Å². The second-order valence-electron chi connectivity index (χ2n) is 13.0. The number of carbonyl (C=O) groups excluding carboxylic acids is 2. The topological polar surface area (TPSA) is 114 Å². The van der Waals surface area contributed by atoms with E-state index in [0.29, 0.717) is 28.4 Å². The summed E-state index contributed by atoms with van der Waals surface area (Å²) in [5.41, 5.74) is 2.10. The molecule has 2 amide bonds. The summed E-state index contributed by atoms with van der Waals surface area (Å²) >= 11 is 0. The Labute approximate surface area is 245 Å². The Hall–Kier alpha value is -3.51. The van der Waals surface area contributed by atoms with Crippen LogP contribution in [0.1, 0.15) is 116 Å². The molecule has 0 radical (unpaired) electrons. The minimum atomic E-state index is -2.73. The highest BCUT2D eigenvalue weighted by atomic mass is 19.3. The van der Waals surface area contributed by atoms with E-state index in [4.69, 9.17) is 14.5 Å². The summed E-state index contributed by atoms with van der Waals surface area (Å²) in [7, 11) is 0. The van der Waals surface area contributed by atoms with Gasteiger partial charge >= 0.3 is 0 Å². The van der Waals surface area contributed by atoms with Crippen molar-refractivity contribution in [1.29, 1.82) is 0 Å². The van der Waals surface area contributed by atoms with Gasteiger partial charge < -0.3 is 15.2 Å². The molecule has 3 heterocycles. The third-order valence-electron chi connectivity index (χ3n) is 9.39. The highest BCUT2D eigenvalue weighted by Crippen LogP contribution is 2.46. The number of nitrogens with one attached hydrogen (secondary N) is 2. The van der Waals surface area contributed by atoms with Crippen LogP contribution < -0.4 is 10.6 Å². The van der Waals surface area contributed by atoms with Gasteiger partial charge in [0.15, 0.2) is 0 Å². The van der Waals surface area contributed by atoms with Gasteiger partial charge in [-0.05, 0) is 62.3 Å². The number of amides is 2. The SMILES string of the molecule is O=C(CC1CC(F)(F)C1)N[C@H](c1ccn2cc([C@@H](NC(=O)c3conc3C3CC3)C3CCC(F)(F)CC3)nc2n1)C1CC1. The zero-order valence-electron chi connectivity index (χ0n) is 23.6. The van der Waals surface area contributed by atoms with Gasteiger partial charge in [0.2, 0.25) is 23.5 Å². The molecular formula is C30H34F4N6O3. The second kappa shape index (κ2) is 10.6. The lowest BCUT2D eigenvalue weighted by molar-refractivity contribution is -0.134. The van der Waals surface area contributed by atoms with Crippen LogP contribution in [-0.4, -0.2) is 43.2 Å². The number of rotatable bonds is 10. The van der Waals surface area contributed by atoms with Crippen molar-refractivity contribution in [3.63, 3.8) is 0 Å². The standard InChI is InChI=1S/C30H34F4N6O3/c31-29(32)8-5-19(6-9-29)26(38-27(42)20-15-43-39-24(20)17-1-2-17)22-14-40-10-7-21(35-28(40)36-22)25(18-3-4-18)37-23(41)11-16-12-30(33,34)13-16/h7,10,14-19,25-26H,1-6,8-9,11-13H2,(H,37,41)(H,38,42)/t25-,26-/m0/s1. The van der Waals surface area contributed by atoms with Crippen molar-refractivity contribution in [3.05, 3.63) is 47.4 Å². The number of halogens is 4. The van der Waals surface area contributed by atoms with Gasteiger partial charge in [-0.15, -0.1) is 0 Å². The number of nitrogens with zero attached hydrogens (tertiary/aromatic N) is 4. The maximum absolute atomic E-state index is 14.1. The Kier molecular flexibility index (Phi) is 6.96. The fourth-order valence-corrected chi connectivity index (χ4v) is 6.63. The van der Waals surface area contributed by atoms with E-state index in [1.54, 1.807) is 22.9 Å². The molecule has 0 aliphatic heterocycles. The number of aromatic nitrogens is 4. The zero-order valence-corrected chi connectivity index (χ0v) is 23.6. The molecule has 4 saturated carbocycles. The van der Waals surface area contributed by atoms with Gasteiger partial charge in [0.25, 0.3) is 5.91 Å². The van der Waals surface area contributed by atoms with Crippen molar-refractivity contribution in [2.75, 3.05) is 0 Å². The van der Waals surface area contributed by atoms with Crippen molar-refractivity contribution in [2.24, 2.45) is 17.8 Å². The average Bonchev–Trinajstić information content (AvgIpc) is 3.87. The van der Waals surface area contributed by atoms with Gasteiger partial charge in [-0.25, -0.2) is 27.5 Å². The average molecular weight is 603 g/mol. The summed E-state index contributed by atoms with van der Waals surface area (Å²) in [6.07, 6.45) is 8.05. The molecule has 2 N–H and O–H groups in total. The van der Waals surface area contributed by atoms with E-state index in [2.05, 4.69) is 15.8 Å². The molecular weight excluding hydrogens is 568 g/mol. The lowest BCUT2D eigenvalue weighted by Crippen LogP contribution is -2.39. The molecule has 0 unspecified atom stereocenters. The number of hydrogen-bond acceptors (Lipinski definition) is 6. The van der Waals surface area contributed by atoms with Crippen LogP contribution in [0, 0.1) is 17.8 Å². The summed E-state index contributed by atoms with van der Waals surface area (Å²) < 4.78 is 61.4. The van der Waals surface area contributed by atoms with E-state index in [0.717, 1.165) is 25.7 Å². The first-order valence-corrected chi connectivity index (χ1v) is 15.2. The molecule has 43 heavy (non-hydrogen) atoms. The van der Waals surface area contributed by atoms with Crippen molar-refractivity contribution < 1.29 is 31.7 Å². The summed E-state index contributed by atoms with van der Waals surface area (Å²) in [5, 5.41) is 10.1. The fraction of sp³-hybridized carbons (Fsp3) is 0.633. The normalized spacial score (nSPS) is 23.4. The molecule has 0 bridgehead atoms. The van der Waals surface area contributed by atoms with Crippen molar-refractivity contribution >= 4 is 17.6 Å². The zero-order chi connectivity index (χ0) is 29.9. The summed E-state index contributed by atoms with van der Waals surface area (Å²) in [5.74, 6) is -5.85. The predicted octanol–water partition coefficient (Wildman–Crippen LogP) is 5.89. The molecule has 13 heteroatoms. The van der Waals surface area contributed by atoms with Crippen LogP contribution in [0.25, 0.3) is 5.78 Å². The van der Waals surface area contributed by atoms with Crippen LogP contribution in [0.5, 0.6) is 0 Å². The first-order chi connectivity index (χ1) is 20.5. The first kappa shape index (κ1) is 28.3. The van der Waals surface area contributed by atoms with E-state index in [1.165, 1.54) is 6.26 Å². The highest BCUT2D eigenvalue weighted by molar-refractivity contribution is 5.95. The predicted molar refractivity (Wildman–Crippen MR) is 144 cm³/mol. The highest BCUT2D eigenvalue weighted by Gasteiger charge is 2.46. The monoisotopic (exact) mass is 602 g/mol. The number of carbonyl (C=O) groups is 2. The smallest absolute Gasteiger partial charge is 0.257 e. The minimum absolute atomic E-state index is 0.0606. The Bertz CT molecular complexity index is 1510. The van der Waals surface area contributed by atoms with E-state index < -0.39 is 17.9 Å². The van der Waals surface area contributed by atoms with Gasteiger partial charge in [-0.3, -0.25) is 14.0 Å². The Morgan fingerprint density at radius 1 is 0.930 bits per heavy atom. The van der Waals surface area contributed by atoms with Crippen LogP contribution in [0.2, 0.25) is 0 Å². The lowest BCUT2D eigenvalue weighted by Gasteiger charge is -2.34. The molecule has 3 aromatic heterocycles. The molecule has 230 valence electrons. The van der Waals surface area contributed by atoms with Crippen LogP contribution in [0.3, 0.4) is 0 Å². The van der Waals surface area contributed by atoms with Gasteiger partial charge in [0.1, 0.15) is 11.8 Å². The molecule has 0 saturated heterocycles. The molecule has 9 nitrogen and oxygen atoms in total. The fourth-order valence-electron chi connectivity index (χ4n) is 6.63. The maximum atomic E-state index is 14.1. The van der Waals surface area contributed by atoms with Gasteiger partial charge in [0, 0.05) is 50.4 Å². The van der Waals surface area contributed by atoms with Crippen molar-refractivity contribution in [2.45, 2.75) is 100 Å². The van der Waals surface area contributed by atoms with Crippen molar-refractivity contribution in [1.82, 2.24) is 30.2 Å². The van der Waals surface area contributed by atoms with E-state index >= 15 is 0 Å². The minimum Gasteiger partial charge on any atom is -0.364 e. The first-order valence-electron chi connectivity index (χ1n) is 15.2. The molecule has 2 atom stereocenters. The molecule has 4 aliphatic rings. The Morgan fingerprint density at radius 3 is 2.28 bits per heavy atom. The largest absolute Gasteiger partial charge is 0.364 e. The van der Waals surface area contributed by atoms with Gasteiger partial charge in [-0.1, -0.05) is 5.16 Å². The van der Waals surface area contributed by atoms with Crippen LogP contribution in [-0.2, 0) is 4.79 Å². The lowest BCUT2D eigenvalue weighted by atomic mass is 9.79. The summed E-state index contributed by atoms with van der Waals surface area (Å²) in [4.78, 5) is 35.6. The Morgan fingerprint density at radius 2 is 1.60 bits per heavy atom. The Balaban J connectivity index is 1.12. The maximum Gasteiger partial charge on any atom is 0.257 e. The summed E-state index contributed by atoms with van der Waals surface area (Å²) in [6.45, 7) is 0. The quantitative estimate of drug-likeness (QED) is 0.280. The second-order valence-corrected chi connectivity index (χ2v) is 13.0. The number of fused-ring (bicyclic) bond motifs is 1. The van der Waals surface area contributed by atoms with Crippen LogP contribution in [0.15, 0.2) is 29.2 Å². The number of imidazole rings is 1. The van der Waals surface area contributed by atoms with Crippen LogP contribution >= 0.6 is 0 Å². The summed E-state index contributed by atoms with van der Waals surface area (Å²) in [6, 6.07) is 0.812. The molecule has 0 aromatic carbocycles. The molecule has 7 rings (SSSR count). The number of hydrogen-bond donors (Lipinski definition) is 2. The molecule has 3 aromatic rings. The van der Waals surface area contributed by atoms with E-state index in [-0.39, 0.29) is 86.5 Å². The third kappa shape index (κ3) is 6.12. The number of alkyl halides is 4. The molecule has 0 spiro atoms. The van der Waals surface area contributed by atoms with Crippen LogP contribution in [0.4, 0.5) is 17.6 Å². The molecule has 4 aliphatic carbocycles. The van der Waals surface area contributed by atoms with E-state index in [1.807, 2.05) is 0 Å². The van der Waals surface area contributed by atoms with Gasteiger partial charge in [-0.2, -0.15) is 0 Å².